The van der Waals surface area contributed by atoms with E-state index in [0.29, 0.717) is 43.7 Å². The summed E-state index contributed by atoms with van der Waals surface area (Å²) in [5.74, 6) is -1.29. The first-order chi connectivity index (χ1) is 16.2. The largest absolute Gasteiger partial charge is 0.471 e. The molecule has 6 nitrogen and oxygen atoms in total. The molecule has 2 saturated carbocycles. The summed E-state index contributed by atoms with van der Waals surface area (Å²) in [6, 6.07) is 7.43. The molecule has 1 spiro atoms. The van der Waals surface area contributed by atoms with Crippen LogP contribution in [-0.2, 0) is 6.18 Å². The molecule has 0 bridgehead atoms. The molecule has 2 fully saturated rings. The Hall–Kier alpha value is -2.36. The molecule has 34 heavy (non-hydrogen) atoms. The average molecular weight is 541 g/mol. The summed E-state index contributed by atoms with van der Waals surface area (Å²) >= 11 is 3.46. The number of rotatable bonds is 10. The Bertz CT molecular complexity index is 1010. The van der Waals surface area contributed by atoms with Crippen LogP contribution in [0.25, 0.3) is 0 Å². The van der Waals surface area contributed by atoms with Gasteiger partial charge in [-0.25, -0.2) is 4.79 Å². The molecule has 4 rings (SSSR count). The van der Waals surface area contributed by atoms with Crippen molar-refractivity contribution in [1.82, 2.24) is 15.5 Å². The molecule has 2 amide bonds. The molecular formula is C24H28BrF3N4O2. The van der Waals surface area contributed by atoms with Gasteiger partial charge in [0.1, 0.15) is 0 Å². The van der Waals surface area contributed by atoms with E-state index in [2.05, 4.69) is 42.5 Å². The number of unbranched alkanes of at least 4 members (excludes halogenated alkanes) is 1. The quantitative estimate of drug-likeness (QED) is 0.269. The fraction of sp³-hybridized carbons (Fsp3) is 0.542. The van der Waals surface area contributed by atoms with Gasteiger partial charge in [-0.1, -0.05) is 39.6 Å². The van der Waals surface area contributed by atoms with Gasteiger partial charge < -0.3 is 9.84 Å². The number of hydrogen-bond donors (Lipinski definition) is 1. The van der Waals surface area contributed by atoms with Crippen LogP contribution in [0.15, 0.2) is 45.9 Å². The van der Waals surface area contributed by atoms with Crippen LogP contribution in [0.5, 0.6) is 0 Å². The summed E-state index contributed by atoms with van der Waals surface area (Å²) < 4.78 is 43.4. The standard InChI is InChI=1S/C24H28BrF3N4O2/c1-2-17(20-30-21(34-31-20)24(26,27)28)6-3-4-11-32(19-8-5-7-18(25)12-19)22(33)29-15-16-13-23(14-16)9-10-23/h2,5,7-8,12,16-17H,1,3-4,6,9-11,13-15H2,(H,29,33). The number of nitrogens with one attached hydrogen (secondary N) is 1. The van der Waals surface area contributed by atoms with Crippen molar-refractivity contribution in [3.8, 4) is 0 Å². The number of anilines is 1. The van der Waals surface area contributed by atoms with Crippen LogP contribution in [0.3, 0.4) is 0 Å². The molecule has 2 aliphatic rings. The second kappa shape index (κ2) is 10.1. The highest BCUT2D eigenvalue weighted by atomic mass is 79.9. The molecule has 1 unspecified atom stereocenters. The zero-order valence-electron chi connectivity index (χ0n) is 18.8. The molecule has 1 N–H and O–H groups in total. The van der Waals surface area contributed by atoms with E-state index in [1.165, 1.54) is 31.8 Å². The van der Waals surface area contributed by atoms with E-state index in [1.807, 2.05) is 24.3 Å². The number of aromatic nitrogens is 2. The Morgan fingerprint density at radius 3 is 2.74 bits per heavy atom. The lowest BCUT2D eigenvalue weighted by Crippen LogP contribution is -2.44. The van der Waals surface area contributed by atoms with E-state index in [9.17, 15) is 18.0 Å². The molecule has 10 heteroatoms. The van der Waals surface area contributed by atoms with Crippen molar-refractivity contribution in [2.24, 2.45) is 11.3 Å². The molecule has 2 aliphatic carbocycles. The van der Waals surface area contributed by atoms with Gasteiger partial charge in [-0.2, -0.15) is 18.2 Å². The minimum Gasteiger partial charge on any atom is -0.337 e. The lowest BCUT2D eigenvalue weighted by molar-refractivity contribution is -0.159. The monoisotopic (exact) mass is 540 g/mol. The van der Waals surface area contributed by atoms with Gasteiger partial charge in [-0.15, -0.1) is 6.58 Å². The molecular weight excluding hydrogens is 513 g/mol. The molecule has 1 heterocycles. The van der Waals surface area contributed by atoms with E-state index in [0.717, 1.165) is 10.2 Å². The van der Waals surface area contributed by atoms with Crippen molar-refractivity contribution in [2.75, 3.05) is 18.0 Å². The van der Waals surface area contributed by atoms with E-state index in [4.69, 9.17) is 0 Å². The summed E-state index contributed by atoms with van der Waals surface area (Å²) in [7, 11) is 0. The Balaban J connectivity index is 1.31. The van der Waals surface area contributed by atoms with Crippen LogP contribution in [-0.4, -0.2) is 29.3 Å². The first-order valence-electron chi connectivity index (χ1n) is 11.5. The molecule has 0 radical (unpaired) electrons. The highest BCUT2D eigenvalue weighted by molar-refractivity contribution is 9.10. The Labute approximate surface area is 205 Å². The molecule has 0 aliphatic heterocycles. The summed E-state index contributed by atoms with van der Waals surface area (Å²) in [5, 5.41) is 6.55. The lowest BCUT2D eigenvalue weighted by atomic mass is 9.72. The zero-order valence-corrected chi connectivity index (χ0v) is 20.4. The van der Waals surface area contributed by atoms with Crippen molar-refractivity contribution in [2.45, 2.75) is 57.0 Å². The summed E-state index contributed by atoms with van der Waals surface area (Å²) in [5.41, 5.74) is 1.38. The van der Waals surface area contributed by atoms with Crippen molar-refractivity contribution in [1.29, 1.82) is 0 Å². The molecule has 2 aromatic rings. The van der Waals surface area contributed by atoms with E-state index in [-0.39, 0.29) is 11.9 Å². The lowest BCUT2D eigenvalue weighted by Gasteiger charge is -2.36. The minimum absolute atomic E-state index is 0.0298. The number of alkyl halides is 3. The number of nitrogens with zero attached hydrogens (tertiary/aromatic N) is 3. The van der Waals surface area contributed by atoms with E-state index >= 15 is 0 Å². The van der Waals surface area contributed by atoms with Crippen molar-refractivity contribution in [3.05, 3.63) is 53.1 Å². The zero-order chi connectivity index (χ0) is 24.3. The fourth-order valence-electron chi connectivity index (χ4n) is 4.70. The van der Waals surface area contributed by atoms with Gasteiger partial charge in [0, 0.05) is 29.2 Å². The predicted octanol–water partition coefficient (Wildman–Crippen LogP) is 6.70. The van der Waals surface area contributed by atoms with Crippen LogP contribution in [0.1, 0.15) is 62.6 Å². The van der Waals surface area contributed by atoms with Crippen LogP contribution in [0.2, 0.25) is 0 Å². The molecule has 1 atom stereocenters. The maximum atomic E-state index is 13.0. The number of carbonyl (C=O) groups excluding carboxylic acids is 1. The van der Waals surface area contributed by atoms with Crippen LogP contribution in [0, 0.1) is 11.3 Å². The number of allylic oxidation sites excluding steroid dienone is 1. The van der Waals surface area contributed by atoms with Crippen LogP contribution >= 0.6 is 15.9 Å². The van der Waals surface area contributed by atoms with Gasteiger partial charge in [0.2, 0.25) is 0 Å². The van der Waals surface area contributed by atoms with E-state index < -0.39 is 18.0 Å². The number of halogens is 4. The third kappa shape index (κ3) is 6.00. The second-order valence-electron chi connectivity index (χ2n) is 9.39. The summed E-state index contributed by atoms with van der Waals surface area (Å²) in [6.07, 6.45) is 3.72. The van der Waals surface area contributed by atoms with Crippen molar-refractivity contribution < 1.29 is 22.5 Å². The van der Waals surface area contributed by atoms with Crippen LogP contribution in [0.4, 0.5) is 23.7 Å². The first-order valence-corrected chi connectivity index (χ1v) is 12.3. The van der Waals surface area contributed by atoms with E-state index in [1.54, 1.807) is 4.90 Å². The predicted molar refractivity (Wildman–Crippen MR) is 125 cm³/mol. The van der Waals surface area contributed by atoms with Gasteiger partial charge in [0.05, 0.1) is 0 Å². The SMILES string of the molecule is C=CC(CCCCN(C(=O)NCC1CC2(CC2)C1)c1cccc(Br)c1)c1noc(C(F)(F)F)n1. The second-order valence-corrected chi connectivity index (χ2v) is 10.3. The minimum atomic E-state index is -4.67. The Kier molecular flexibility index (Phi) is 7.35. The first kappa shape index (κ1) is 24.8. The number of amides is 2. The number of hydrogen-bond acceptors (Lipinski definition) is 4. The summed E-state index contributed by atoms with van der Waals surface area (Å²) in [6.45, 7) is 4.85. The highest BCUT2D eigenvalue weighted by Crippen LogP contribution is 2.63. The molecule has 184 valence electrons. The molecule has 1 aromatic carbocycles. The molecule has 1 aromatic heterocycles. The molecule has 0 saturated heterocycles. The van der Waals surface area contributed by atoms with Gasteiger partial charge in [-0.05, 0) is 68.1 Å². The average Bonchev–Trinajstić information content (AvgIpc) is 3.40. The summed E-state index contributed by atoms with van der Waals surface area (Å²) in [4.78, 5) is 18.2. The van der Waals surface area contributed by atoms with Crippen molar-refractivity contribution in [3.63, 3.8) is 0 Å². The Morgan fingerprint density at radius 2 is 2.12 bits per heavy atom. The number of urea groups is 1. The Morgan fingerprint density at radius 1 is 1.35 bits per heavy atom. The highest BCUT2D eigenvalue weighted by Gasteiger charge is 2.52. The normalized spacial score (nSPS) is 17.8. The van der Waals surface area contributed by atoms with Gasteiger partial charge in [-0.3, -0.25) is 4.90 Å². The fourth-order valence-corrected chi connectivity index (χ4v) is 5.09. The third-order valence-electron chi connectivity index (χ3n) is 6.75. The number of benzene rings is 1. The topological polar surface area (TPSA) is 71.3 Å². The van der Waals surface area contributed by atoms with Gasteiger partial charge >= 0.3 is 18.1 Å². The van der Waals surface area contributed by atoms with Crippen molar-refractivity contribution >= 4 is 27.6 Å². The third-order valence-corrected chi connectivity index (χ3v) is 7.25. The van der Waals surface area contributed by atoms with Gasteiger partial charge in [0.15, 0.2) is 5.82 Å². The smallest absolute Gasteiger partial charge is 0.337 e. The maximum absolute atomic E-state index is 13.0. The number of carbonyl (C=O) groups is 1. The van der Waals surface area contributed by atoms with Crippen LogP contribution < -0.4 is 10.2 Å². The van der Waals surface area contributed by atoms with Gasteiger partial charge in [0.25, 0.3) is 0 Å². The maximum Gasteiger partial charge on any atom is 0.471 e.